The van der Waals surface area contributed by atoms with Crippen LogP contribution >= 0.6 is 0 Å². The zero-order valence-corrected chi connectivity index (χ0v) is 12.3. The normalized spacial score (nSPS) is 18.7. The third-order valence-electron chi connectivity index (χ3n) is 2.29. The van der Waals surface area contributed by atoms with Crippen LogP contribution in [0.1, 0.15) is 40.5 Å². The van der Waals surface area contributed by atoms with E-state index < -0.39 is 17.7 Å². The van der Waals surface area contributed by atoms with Crippen molar-refractivity contribution in [1.29, 1.82) is 0 Å². The average Bonchev–Trinajstić information content (AvgIpc) is 2.68. The van der Waals surface area contributed by atoms with Crippen molar-refractivity contribution in [1.82, 2.24) is 4.90 Å². The lowest BCUT2D eigenvalue weighted by Crippen LogP contribution is -2.42. The molecule has 1 fully saturated rings. The molecule has 0 aromatic carbocycles. The largest absolute Gasteiger partial charge is 0.443 e. The Bertz CT molecular complexity index is 319. The second kappa shape index (κ2) is 7.89. The molecule has 1 heterocycles. The second-order valence-corrected chi connectivity index (χ2v) is 5.06. The Labute approximate surface area is 114 Å². The van der Waals surface area contributed by atoms with Gasteiger partial charge in [-0.05, 0) is 34.1 Å². The lowest BCUT2D eigenvalue weighted by molar-refractivity contribution is -0.130. The van der Waals surface area contributed by atoms with Crippen molar-refractivity contribution in [3.05, 3.63) is 0 Å². The minimum absolute atomic E-state index is 0.225. The molecule has 1 unspecified atom stereocenters. The Morgan fingerprint density at radius 1 is 1.47 bits per heavy atom. The Kier molecular flexibility index (Phi) is 7.29. The number of ether oxygens (including phenoxy) is 2. The smallest absolute Gasteiger partial charge is 0.417 e. The highest BCUT2D eigenvalue weighted by Gasteiger charge is 2.38. The predicted molar refractivity (Wildman–Crippen MR) is 69.7 cm³/mol. The molecule has 1 aliphatic heterocycles. The minimum Gasteiger partial charge on any atom is -0.443 e. The number of hydrogen-bond donors (Lipinski definition) is 0. The van der Waals surface area contributed by atoms with Gasteiger partial charge in [0.05, 0.1) is 6.04 Å². The van der Waals surface area contributed by atoms with Crippen LogP contribution in [0.2, 0.25) is 0 Å². The topological polar surface area (TPSA) is 72.9 Å². The van der Waals surface area contributed by atoms with E-state index in [0.29, 0.717) is 12.7 Å². The molecule has 110 valence electrons. The van der Waals surface area contributed by atoms with Crippen molar-refractivity contribution in [3.63, 3.8) is 0 Å². The third-order valence-corrected chi connectivity index (χ3v) is 2.29. The summed E-state index contributed by atoms with van der Waals surface area (Å²) >= 11 is 0. The Balaban J connectivity index is 0.000000711. The van der Waals surface area contributed by atoms with Gasteiger partial charge in [-0.15, -0.1) is 0 Å². The molecule has 6 heteroatoms. The molecular weight excluding hydrogens is 250 g/mol. The van der Waals surface area contributed by atoms with Gasteiger partial charge in [-0.2, -0.15) is 0 Å². The molecule has 1 rings (SSSR count). The molecule has 0 spiro atoms. The Hall–Kier alpha value is -1.43. The maximum Gasteiger partial charge on any atom is 0.417 e. The summed E-state index contributed by atoms with van der Waals surface area (Å²) in [5.74, 6) is -0.346. The number of likely N-dealkylation sites (tertiary alicyclic amines) is 1. The number of hydrogen-bond acceptors (Lipinski definition) is 5. The van der Waals surface area contributed by atoms with E-state index in [9.17, 15) is 14.4 Å². The highest BCUT2D eigenvalue weighted by Crippen LogP contribution is 2.20. The van der Waals surface area contributed by atoms with Crippen molar-refractivity contribution in [3.8, 4) is 0 Å². The molecule has 0 aliphatic carbocycles. The van der Waals surface area contributed by atoms with Gasteiger partial charge < -0.3 is 14.3 Å². The van der Waals surface area contributed by atoms with Crippen LogP contribution in [0.5, 0.6) is 0 Å². The van der Waals surface area contributed by atoms with Crippen LogP contribution in [-0.2, 0) is 19.1 Å². The first-order valence-electron chi connectivity index (χ1n) is 6.26. The fourth-order valence-electron chi connectivity index (χ4n) is 1.38. The van der Waals surface area contributed by atoms with Crippen LogP contribution in [0.15, 0.2) is 0 Å². The first-order valence-corrected chi connectivity index (χ1v) is 6.26. The van der Waals surface area contributed by atoms with Gasteiger partial charge in [-0.1, -0.05) is 0 Å². The number of methoxy groups -OCH3 is 1. The first-order chi connectivity index (χ1) is 8.76. The number of carbonyl (C=O) groups is 3. The van der Waals surface area contributed by atoms with E-state index >= 15 is 0 Å². The second-order valence-electron chi connectivity index (χ2n) is 5.06. The van der Waals surface area contributed by atoms with Gasteiger partial charge in [0.2, 0.25) is 5.91 Å². The standard InChI is InChI=1S/C10H15NO4.C3H8O/c1-10(2,3)15-9(14)11-7(6-12)4-5-8(11)13;1-3-4-2/h6-7H,4-5H2,1-3H3;3H2,1-2H3. The molecule has 0 N–H and O–H groups in total. The summed E-state index contributed by atoms with van der Waals surface area (Å²) in [7, 11) is 1.68. The van der Waals surface area contributed by atoms with Crippen LogP contribution in [0, 0.1) is 0 Å². The number of amides is 2. The summed E-state index contributed by atoms with van der Waals surface area (Å²) in [6.07, 6.45) is 0.487. The monoisotopic (exact) mass is 273 g/mol. The van der Waals surface area contributed by atoms with Gasteiger partial charge in [0, 0.05) is 20.1 Å². The van der Waals surface area contributed by atoms with Crippen molar-refractivity contribution in [2.24, 2.45) is 0 Å². The van der Waals surface area contributed by atoms with Crippen LogP contribution in [0.4, 0.5) is 4.79 Å². The molecule has 1 saturated heterocycles. The molecule has 0 aromatic rings. The molecule has 19 heavy (non-hydrogen) atoms. The van der Waals surface area contributed by atoms with E-state index in [0.717, 1.165) is 11.5 Å². The van der Waals surface area contributed by atoms with Crippen molar-refractivity contribution in [2.45, 2.75) is 52.2 Å². The summed E-state index contributed by atoms with van der Waals surface area (Å²) in [5.41, 5.74) is -0.659. The molecule has 1 atom stereocenters. The zero-order chi connectivity index (χ0) is 15.1. The maximum absolute atomic E-state index is 11.6. The lowest BCUT2D eigenvalue weighted by Gasteiger charge is -2.25. The van der Waals surface area contributed by atoms with E-state index in [2.05, 4.69) is 4.74 Å². The summed E-state index contributed by atoms with van der Waals surface area (Å²) in [6.45, 7) is 7.91. The number of rotatable bonds is 2. The molecule has 2 amide bonds. The number of nitrogens with zero attached hydrogens (tertiary/aromatic N) is 1. The lowest BCUT2D eigenvalue weighted by atomic mass is 10.2. The van der Waals surface area contributed by atoms with E-state index in [-0.39, 0.29) is 12.3 Å². The third kappa shape index (κ3) is 6.33. The van der Waals surface area contributed by atoms with Crippen molar-refractivity contribution < 1.29 is 23.9 Å². The van der Waals surface area contributed by atoms with E-state index in [1.807, 2.05) is 6.92 Å². The van der Waals surface area contributed by atoms with E-state index in [1.165, 1.54) is 0 Å². The van der Waals surface area contributed by atoms with Gasteiger partial charge >= 0.3 is 6.09 Å². The summed E-state index contributed by atoms with van der Waals surface area (Å²) in [6, 6.07) is -0.660. The first kappa shape index (κ1) is 17.6. The van der Waals surface area contributed by atoms with Crippen LogP contribution < -0.4 is 0 Å². The molecule has 0 radical (unpaired) electrons. The Morgan fingerprint density at radius 3 is 2.37 bits per heavy atom. The van der Waals surface area contributed by atoms with Crippen molar-refractivity contribution >= 4 is 18.3 Å². The number of aldehydes is 1. The molecule has 0 saturated carbocycles. The molecule has 1 aliphatic rings. The number of carbonyl (C=O) groups excluding carboxylic acids is 3. The zero-order valence-electron chi connectivity index (χ0n) is 12.3. The predicted octanol–water partition coefficient (Wildman–Crippen LogP) is 1.76. The average molecular weight is 273 g/mol. The van der Waals surface area contributed by atoms with Crippen molar-refractivity contribution in [2.75, 3.05) is 13.7 Å². The Morgan fingerprint density at radius 2 is 2.00 bits per heavy atom. The summed E-state index contributed by atoms with van der Waals surface area (Å²) in [4.78, 5) is 34.4. The SMILES string of the molecule is CC(C)(C)OC(=O)N1C(=O)CCC1C=O.CCOC. The summed E-state index contributed by atoms with van der Waals surface area (Å²) < 4.78 is 9.57. The fourth-order valence-corrected chi connectivity index (χ4v) is 1.38. The van der Waals surface area contributed by atoms with Gasteiger partial charge in [0.1, 0.15) is 11.9 Å². The van der Waals surface area contributed by atoms with Crippen LogP contribution in [-0.4, -0.2) is 48.5 Å². The fraction of sp³-hybridized carbons (Fsp3) is 0.769. The van der Waals surface area contributed by atoms with Gasteiger partial charge in [-0.3, -0.25) is 4.79 Å². The highest BCUT2D eigenvalue weighted by atomic mass is 16.6. The minimum atomic E-state index is -0.734. The van der Waals surface area contributed by atoms with Gasteiger partial charge in [0.15, 0.2) is 0 Å². The maximum atomic E-state index is 11.6. The summed E-state index contributed by atoms with van der Waals surface area (Å²) in [5, 5.41) is 0. The van der Waals surface area contributed by atoms with Gasteiger partial charge in [-0.25, -0.2) is 9.69 Å². The van der Waals surface area contributed by atoms with E-state index in [1.54, 1.807) is 27.9 Å². The van der Waals surface area contributed by atoms with E-state index in [4.69, 9.17) is 4.74 Å². The van der Waals surface area contributed by atoms with Crippen LogP contribution in [0.3, 0.4) is 0 Å². The van der Waals surface area contributed by atoms with Gasteiger partial charge in [0.25, 0.3) is 0 Å². The molecule has 0 bridgehead atoms. The van der Waals surface area contributed by atoms with Crippen LogP contribution in [0.25, 0.3) is 0 Å². The molecule has 6 nitrogen and oxygen atoms in total. The quantitative estimate of drug-likeness (QED) is 0.717. The number of imide groups is 1. The molecule has 0 aromatic heterocycles. The highest BCUT2D eigenvalue weighted by molar-refractivity contribution is 5.97. The molecular formula is C13H23NO5.